The van der Waals surface area contributed by atoms with Crippen molar-refractivity contribution in [3.63, 3.8) is 0 Å². The van der Waals surface area contributed by atoms with E-state index >= 15 is 0 Å². The van der Waals surface area contributed by atoms with Gasteiger partial charge in [0.1, 0.15) is 10.2 Å². The summed E-state index contributed by atoms with van der Waals surface area (Å²) in [4.78, 5) is 28.2. The molecule has 2 fully saturated rings. The van der Waals surface area contributed by atoms with Gasteiger partial charge in [-0.15, -0.1) is 0 Å². The number of halogens is 2. The number of aryl methyl sites for hydroxylation is 1. The van der Waals surface area contributed by atoms with Crippen molar-refractivity contribution in [2.45, 2.75) is 55.0 Å². The van der Waals surface area contributed by atoms with Gasteiger partial charge < -0.3 is 16.4 Å². The maximum absolute atomic E-state index is 12.2. The lowest BCUT2D eigenvalue weighted by Gasteiger charge is -2.42. The highest BCUT2D eigenvalue weighted by atomic mass is 35.5. The molecule has 1 unspecified atom stereocenters. The number of piperidine rings is 1. The van der Waals surface area contributed by atoms with Crippen molar-refractivity contribution in [1.29, 1.82) is 0 Å². The number of hydrogen-bond donors (Lipinski definition) is 2. The van der Waals surface area contributed by atoms with Crippen molar-refractivity contribution in [3.8, 4) is 0 Å². The molecule has 7 nitrogen and oxygen atoms in total. The van der Waals surface area contributed by atoms with Gasteiger partial charge in [-0.1, -0.05) is 41.4 Å². The summed E-state index contributed by atoms with van der Waals surface area (Å²) in [6, 6.07) is 2.01. The molecule has 1 aliphatic heterocycles. The maximum Gasteiger partial charge on any atom is 0.271 e. The van der Waals surface area contributed by atoms with E-state index in [0.29, 0.717) is 26.5 Å². The average Bonchev–Trinajstić information content (AvgIpc) is 3.07. The second kappa shape index (κ2) is 8.49. The summed E-state index contributed by atoms with van der Waals surface area (Å²) in [5, 5.41) is 1.11. The lowest BCUT2D eigenvalue weighted by molar-refractivity contribution is 0.0994. The third kappa shape index (κ3) is 3.98. The lowest BCUT2D eigenvalue weighted by Crippen LogP contribution is -2.47. The SMILES string of the molecule is Cc1nc(N2CCC3(CCCC3N)CC2)c(C(N)=O)nc1Sc1ccnc(Cl)c1Cl. The van der Waals surface area contributed by atoms with E-state index in [0.717, 1.165) is 32.4 Å². The summed E-state index contributed by atoms with van der Waals surface area (Å²) in [5.74, 6) is -0.0549. The van der Waals surface area contributed by atoms with Crippen LogP contribution >= 0.6 is 35.0 Å². The van der Waals surface area contributed by atoms with Gasteiger partial charge in [-0.2, -0.15) is 0 Å². The Balaban J connectivity index is 1.61. The number of primary amides is 1. The Hall–Kier alpha value is -1.61. The summed E-state index contributed by atoms with van der Waals surface area (Å²) in [6.45, 7) is 3.44. The second-order valence-electron chi connectivity index (χ2n) is 8.01. The van der Waals surface area contributed by atoms with E-state index in [1.807, 2.05) is 6.92 Å². The third-order valence-corrected chi connectivity index (χ3v) is 8.31. The Bertz CT molecular complexity index is 980. The van der Waals surface area contributed by atoms with Crippen LogP contribution in [0.3, 0.4) is 0 Å². The van der Waals surface area contributed by atoms with Crippen molar-refractivity contribution in [1.82, 2.24) is 15.0 Å². The van der Waals surface area contributed by atoms with E-state index in [-0.39, 0.29) is 22.3 Å². The molecular weight excluding hydrogens is 443 g/mol. The summed E-state index contributed by atoms with van der Waals surface area (Å²) in [6.07, 6.45) is 7.03. The standard InChI is InChI=1S/C20H24Cl2N6OS/c1-11-19(30-12-4-8-25-16(22)14(12)21)27-15(17(24)29)18(26-11)28-9-6-20(7-10-28)5-2-3-13(20)23/h4,8,13H,2-3,5-7,9-10,23H2,1H3,(H2,24,29). The van der Waals surface area contributed by atoms with E-state index in [1.165, 1.54) is 24.6 Å². The number of anilines is 1. The molecule has 1 spiro atoms. The molecule has 160 valence electrons. The highest BCUT2D eigenvalue weighted by Crippen LogP contribution is 2.46. The molecule has 2 aromatic rings. The van der Waals surface area contributed by atoms with Gasteiger partial charge in [0.05, 0.1) is 10.7 Å². The van der Waals surface area contributed by atoms with Gasteiger partial charge in [-0.3, -0.25) is 4.79 Å². The molecule has 0 aromatic carbocycles. The zero-order valence-electron chi connectivity index (χ0n) is 16.7. The zero-order chi connectivity index (χ0) is 21.5. The quantitative estimate of drug-likeness (QED) is 0.658. The number of carbonyl (C=O) groups is 1. The van der Waals surface area contributed by atoms with E-state index in [4.69, 9.17) is 39.7 Å². The Morgan fingerprint density at radius 2 is 2.00 bits per heavy atom. The molecule has 1 amide bonds. The van der Waals surface area contributed by atoms with Crippen LogP contribution in [0.15, 0.2) is 22.2 Å². The predicted octanol–water partition coefficient (Wildman–Crippen LogP) is 3.83. The van der Waals surface area contributed by atoms with Crippen LogP contribution in [0.5, 0.6) is 0 Å². The van der Waals surface area contributed by atoms with Gasteiger partial charge in [-0.05, 0) is 44.1 Å². The van der Waals surface area contributed by atoms with Gasteiger partial charge in [0.25, 0.3) is 5.91 Å². The molecular formula is C20H24Cl2N6OS. The summed E-state index contributed by atoms with van der Waals surface area (Å²) < 4.78 is 0. The van der Waals surface area contributed by atoms with Gasteiger partial charge in [0.15, 0.2) is 11.5 Å². The number of amides is 1. The number of pyridine rings is 1. The third-order valence-electron chi connectivity index (χ3n) is 6.29. The van der Waals surface area contributed by atoms with Gasteiger partial charge in [-0.25, -0.2) is 15.0 Å². The van der Waals surface area contributed by atoms with E-state index in [2.05, 4.69) is 14.9 Å². The molecule has 0 radical (unpaired) electrons. The topological polar surface area (TPSA) is 111 Å². The maximum atomic E-state index is 12.2. The number of hydrogen-bond acceptors (Lipinski definition) is 7. The first-order valence-corrected chi connectivity index (χ1v) is 11.5. The zero-order valence-corrected chi connectivity index (χ0v) is 19.0. The molecule has 4 N–H and O–H groups in total. The first-order chi connectivity index (χ1) is 14.3. The molecule has 10 heteroatoms. The Kier molecular flexibility index (Phi) is 6.12. The number of aromatic nitrogens is 3. The fourth-order valence-corrected chi connectivity index (χ4v) is 5.81. The summed E-state index contributed by atoms with van der Waals surface area (Å²) in [5.41, 5.74) is 13.2. The number of carbonyl (C=O) groups excluding carboxylic acids is 1. The largest absolute Gasteiger partial charge is 0.364 e. The highest BCUT2D eigenvalue weighted by molar-refractivity contribution is 7.99. The first kappa shape index (κ1) is 21.6. The molecule has 1 aliphatic carbocycles. The molecule has 1 atom stereocenters. The molecule has 1 saturated carbocycles. The Morgan fingerprint density at radius 1 is 1.27 bits per heavy atom. The van der Waals surface area contributed by atoms with Crippen molar-refractivity contribution < 1.29 is 4.79 Å². The normalized spacial score (nSPS) is 20.7. The van der Waals surface area contributed by atoms with Crippen LogP contribution in [0.2, 0.25) is 10.2 Å². The molecule has 1 saturated heterocycles. The van der Waals surface area contributed by atoms with Crippen LogP contribution in [0.1, 0.15) is 48.3 Å². The highest BCUT2D eigenvalue weighted by Gasteiger charge is 2.43. The smallest absolute Gasteiger partial charge is 0.271 e. The first-order valence-electron chi connectivity index (χ1n) is 9.97. The summed E-state index contributed by atoms with van der Waals surface area (Å²) in [7, 11) is 0. The Labute approximate surface area is 189 Å². The lowest BCUT2D eigenvalue weighted by atomic mass is 9.74. The van der Waals surface area contributed by atoms with Crippen molar-refractivity contribution in [2.75, 3.05) is 18.0 Å². The Morgan fingerprint density at radius 3 is 2.63 bits per heavy atom. The molecule has 0 bridgehead atoms. The molecule has 30 heavy (non-hydrogen) atoms. The minimum atomic E-state index is -0.601. The van der Waals surface area contributed by atoms with Crippen LogP contribution in [0, 0.1) is 12.3 Å². The minimum absolute atomic E-state index is 0.172. The van der Waals surface area contributed by atoms with Crippen LogP contribution < -0.4 is 16.4 Å². The molecule has 2 aliphatic rings. The fraction of sp³-hybridized carbons (Fsp3) is 0.500. The van der Waals surface area contributed by atoms with Gasteiger partial charge in [0, 0.05) is 30.2 Å². The number of nitrogens with two attached hydrogens (primary N) is 2. The van der Waals surface area contributed by atoms with Crippen LogP contribution in [-0.2, 0) is 0 Å². The van der Waals surface area contributed by atoms with Crippen molar-refractivity contribution >= 4 is 46.7 Å². The van der Waals surface area contributed by atoms with Gasteiger partial charge >= 0.3 is 0 Å². The van der Waals surface area contributed by atoms with Crippen molar-refractivity contribution in [3.05, 3.63) is 33.8 Å². The van der Waals surface area contributed by atoms with Gasteiger partial charge in [0.2, 0.25) is 0 Å². The predicted molar refractivity (Wildman–Crippen MR) is 119 cm³/mol. The second-order valence-corrected chi connectivity index (χ2v) is 9.78. The number of rotatable bonds is 4. The molecule has 2 aromatic heterocycles. The van der Waals surface area contributed by atoms with Crippen LogP contribution in [-0.4, -0.2) is 40.0 Å². The molecule has 3 heterocycles. The summed E-state index contributed by atoms with van der Waals surface area (Å²) >= 11 is 13.5. The number of nitrogens with zero attached hydrogens (tertiary/aromatic N) is 4. The van der Waals surface area contributed by atoms with Crippen LogP contribution in [0.4, 0.5) is 5.82 Å². The van der Waals surface area contributed by atoms with E-state index in [1.54, 1.807) is 12.3 Å². The van der Waals surface area contributed by atoms with Crippen molar-refractivity contribution in [2.24, 2.45) is 16.9 Å². The van der Waals surface area contributed by atoms with E-state index < -0.39 is 5.91 Å². The van der Waals surface area contributed by atoms with E-state index in [9.17, 15) is 4.79 Å². The van der Waals surface area contributed by atoms with Crippen LogP contribution in [0.25, 0.3) is 0 Å². The average molecular weight is 467 g/mol. The monoisotopic (exact) mass is 466 g/mol. The molecule has 4 rings (SSSR count). The fourth-order valence-electron chi connectivity index (χ4n) is 4.51. The minimum Gasteiger partial charge on any atom is -0.364 e.